The fraction of sp³-hybridized carbons (Fsp3) is 0.500. The minimum Gasteiger partial charge on any atom is -0.491 e. The van der Waals surface area contributed by atoms with Crippen LogP contribution < -0.4 is 4.74 Å². The molecular formula is C14H19NO3. The maximum absolute atomic E-state index is 9.01. The van der Waals surface area contributed by atoms with E-state index in [-0.39, 0.29) is 6.10 Å². The number of methoxy groups -OCH3 is 1. The summed E-state index contributed by atoms with van der Waals surface area (Å²) in [6, 6.07) is 5.87. The summed E-state index contributed by atoms with van der Waals surface area (Å²) in [4.78, 5) is 0. The Bertz CT molecular complexity index is 443. The van der Waals surface area contributed by atoms with Gasteiger partial charge in [-0.2, -0.15) is 0 Å². The molecule has 1 aromatic carbocycles. The van der Waals surface area contributed by atoms with Gasteiger partial charge in [-0.15, -0.1) is 0 Å². The molecule has 4 nitrogen and oxygen atoms in total. The molecule has 0 amide bonds. The lowest BCUT2D eigenvalue weighted by Crippen LogP contribution is -2.18. The van der Waals surface area contributed by atoms with Gasteiger partial charge in [0.1, 0.15) is 12.4 Å². The first-order valence-corrected chi connectivity index (χ1v) is 6.25. The second kappa shape index (κ2) is 5.87. The fourth-order valence-electron chi connectivity index (χ4n) is 2.18. The topological polar surface area (TPSA) is 51.0 Å². The summed E-state index contributed by atoms with van der Waals surface area (Å²) in [7, 11) is 1.67. The van der Waals surface area contributed by atoms with E-state index >= 15 is 0 Å². The molecule has 0 bridgehead atoms. The van der Waals surface area contributed by atoms with Crippen LogP contribution in [0.15, 0.2) is 23.4 Å². The first-order valence-electron chi connectivity index (χ1n) is 6.25. The van der Waals surface area contributed by atoms with Crippen LogP contribution in [-0.4, -0.2) is 30.7 Å². The third kappa shape index (κ3) is 2.64. The van der Waals surface area contributed by atoms with Gasteiger partial charge in [-0.1, -0.05) is 17.3 Å². The maximum Gasteiger partial charge on any atom is 0.123 e. The molecule has 1 N–H and O–H groups in total. The molecule has 0 spiro atoms. The largest absolute Gasteiger partial charge is 0.491 e. The predicted molar refractivity (Wildman–Crippen MR) is 69.7 cm³/mol. The van der Waals surface area contributed by atoms with Gasteiger partial charge in [0.05, 0.1) is 11.8 Å². The normalized spacial score (nSPS) is 18.4. The Morgan fingerprint density at radius 2 is 2.22 bits per heavy atom. The number of hydrogen-bond acceptors (Lipinski definition) is 4. The van der Waals surface area contributed by atoms with Crippen LogP contribution >= 0.6 is 0 Å². The number of ether oxygens (including phenoxy) is 2. The van der Waals surface area contributed by atoms with E-state index in [0.717, 1.165) is 41.9 Å². The van der Waals surface area contributed by atoms with E-state index < -0.39 is 0 Å². The lowest BCUT2D eigenvalue weighted by Gasteiger charge is -2.21. The monoisotopic (exact) mass is 249 g/mol. The van der Waals surface area contributed by atoms with Gasteiger partial charge in [-0.05, 0) is 32.3 Å². The molecule has 2 rings (SSSR count). The highest BCUT2D eigenvalue weighted by atomic mass is 16.5. The predicted octanol–water partition coefficient (Wildman–Crippen LogP) is 2.61. The van der Waals surface area contributed by atoms with Crippen molar-refractivity contribution >= 4 is 5.71 Å². The number of fused-ring (bicyclic) bond motifs is 1. The molecule has 1 atom stereocenters. The minimum absolute atomic E-state index is 0.0652. The molecular weight excluding hydrogens is 230 g/mol. The van der Waals surface area contributed by atoms with Crippen molar-refractivity contribution in [2.24, 2.45) is 5.16 Å². The molecule has 1 unspecified atom stereocenters. The van der Waals surface area contributed by atoms with Crippen LogP contribution in [0.4, 0.5) is 0 Å². The van der Waals surface area contributed by atoms with Gasteiger partial charge in [-0.25, -0.2) is 0 Å². The Kier molecular flexibility index (Phi) is 4.20. The van der Waals surface area contributed by atoms with Gasteiger partial charge in [0.2, 0.25) is 0 Å². The molecule has 18 heavy (non-hydrogen) atoms. The van der Waals surface area contributed by atoms with E-state index in [1.807, 2.05) is 25.1 Å². The van der Waals surface area contributed by atoms with E-state index in [1.165, 1.54) is 0 Å². The van der Waals surface area contributed by atoms with Crippen molar-refractivity contribution in [3.8, 4) is 5.75 Å². The molecule has 0 fully saturated rings. The third-order valence-corrected chi connectivity index (χ3v) is 3.28. The molecule has 1 aliphatic carbocycles. The first-order chi connectivity index (χ1) is 8.76. The van der Waals surface area contributed by atoms with E-state index in [4.69, 9.17) is 14.7 Å². The van der Waals surface area contributed by atoms with Crippen LogP contribution in [0.5, 0.6) is 5.75 Å². The van der Waals surface area contributed by atoms with Crippen molar-refractivity contribution in [1.29, 1.82) is 0 Å². The van der Waals surface area contributed by atoms with Gasteiger partial charge in [0.15, 0.2) is 0 Å². The van der Waals surface area contributed by atoms with Gasteiger partial charge < -0.3 is 14.7 Å². The molecule has 0 radical (unpaired) electrons. The van der Waals surface area contributed by atoms with Gasteiger partial charge >= 0.3 is 0 Å². The molecule has 4 heteroatoms. The number of nitrogens with zero attached hydrogens (tertiary/aromatic N) is 1. The molecule has 0 aliphatic heterocycles. The highest BCUT2D eigenvalue weighted by molar-refractivity contribution is 6.02. The Balaban J connectivity index is 2.22. The van der Waals surface area contributed by atoms with Crippen molar-refractivity contribution in [2.45, 2.75) is 32.3 Å². The lowest BCUT2D eigenvalue weighted by atomic mass is 9.89. The number of benzene rings is 1. The maximum atomic E-state index is 9.01. The van der Waals surface area contributed by atoms with E-state index in [9.17, 15) is 0 Å². The molecule has 0 saturated carbocycles. The second-order valence-electron chi connectivity index (χ2n) is 4.54. The number of rotatable bonds is 4. The Morgan fingerprint density at radius 1 is 1.39 bits per heavy atom. The highest BCUT2D eigenvalue weighted by Gasteiger charge is 2.19. The van der Waals surface area contributed by atoms with Crippen LogP contribution in [0, 0.1) is 0 Å². The standard InChI is InChI=1S/C14H19NO3/c1-10(17-2)9-18-14-8-4-5-11-12(14)6-3-7-13(11)15-16/h4-5,8,10,16H,3,6-7,9H2,1-2H3/b15-13+. The Labute approximate surface area is 107 Å². The van der Waals surface area contributed by atoms with Crippen molar-refractivity contribution in [2.75, 3.05) is 13.7 Å². The molecule has 0 heterocycles. The molecule has 1 aliphatic rings. The van der Waals surface area contributed by atoms with Crippen molar-refractivity contribution in [3.63, 3.8) is 0 Å². The summed E-state index contributed by atoms with van der Waals surface area (Å²) >= 11 is 0. The van der Waals surface area contributed by atoms with E-state index in [2.05, 4.69) is 5.16 Å². The average molecular weight is 249 g/mol. The molecule has 0 aromatic heterocycles. The lowest BCUT2D eigenvalue weighted by molar-refractivity contribution is 0.0713. The highest BCUT2D eigenvalue weighted by Crippen LogP contribution is 2.30. The minimum atomic E-state index is 0.0652. The SMILES string of the molecule is COC(C)COc1cccc2c1CCC/C2=N\O. The molecule has 1 aromatic rings. The van der Waals surface area contributed by atoms with Crippen molar-refractivity contribution in [1.82, 2.24) is 0 Å². The smallest absolute Gasteiger partial charge is 0.123 e. The van der Waals surface area contributed by atoms with Crippen LogP contribution in [0.1, 0.15) is 30.9 Å². The van der Waals surface area contributed by atoms with Crippen LogP contribution in [0.2, 0.25) is 0 Å². The Morgan fingerprint density at radius 3 is 2.94 bits per heavy atom. The fourth-order valence-corrected chi connectivity index (χ4v) is 2.18. The second-order valence-corrected chi connectivity index (χ2v) is 4.54. The molecule has 98 valence electrons. The number of oxime groups is 1. The van der Waals surface area contributed by atoms with Gasteiger partial charge in [-0.3, -0.25) is 0 Å². The number of hydrogen-bond donors (Lipinski definition) is 1. The Hall–Kier alpha value is -1.55. The van der Waals surface area contributed by atoms with Crippen LogP contribution in [0.25, 0.3) is 0 Å². The van der Waals surface area contributed by atoms with E-state index in [0.29, 0.717) is 6.61 Å². The summed E-state index contributed by atoms with van der Waals surface area (Å²) in [5, 5.41) is 12.4. The first kappa shape index (κ1) is 12.9. The van der Waals surface area contributed by atoms with Crippen molar-refractivity contribution < 1.29 is 14.7 Å². The summed E-state index contributed by atoms with van der Waals surface area (Å²) in [6.07, 6.45) is 2.84. The average Bonchev–Trinajstić information content (AvgIpc) is 2.43. The zero-order chi connectivity index (χ0) is 13.0. The van der Waals surface area contributed by atoms with E-state index in [1.54, 1.807) is 7.11 Å². The van der Waals surface area contributed by atoms with Crippen LogP contribution in [0.3, 0.4) is 0 Å². The van der Waals surface area contributed by atoms with Crippen LogP contribution in [-0.2, 0) is 11.2 Å². The summed E-state index contributed by atoms with van der Waals surface area (Å²) in [6.45, 7) is 2.49. The summed E-state index contributed by atoms with van der Waals surface area (Å²) < 4.78 is 11.0. The summed E-state index contributed by atoms with van der Waals surface area (Å²) in [5.74, 6) is 0.872. The molecule has 0 saturated heterocycles. The summed E-state index contributed by atoms with van der Waals surface area (Å²) in [5.41, 5.74) is 2.90. The zero-order valence-corrected chi connectivity index (χ0v) is 10.8. The van der Waals surface area contributed by atoms with Crippen molar-refractivity contribution in [3.05, 3.63) is 29.3 Å². The third-order valence-electron chi connectivity index (χ3n) is 3.28. The zero-order valence-electron chi connectivity index (χ0n) is 10.8. The quantitative estimate of drug-likeness (QED) is 0.659. The van der Waals surface area contributed by atoms with Gasteiger partial charge in [0, 0.05) is 18.2 Å². The van der Waals surface area contributed by atoms with Gasteiger partial charge in [0.25, 0.3) is 0 Å².